The first-order valence-electron chi connectivity index (χ1n) is 8.32. The standard InChI is InChI=1S/C18H25N3O/c1-4-17-19-12-14-6-5-7-16(18(14)20-17)22-15-8-10-21(11-9-15)13(2)3/h5-7,12-13,15H,4,8-11H2,1-3H3. The predicted octanol–water partition coefficient (Wildman–Crippen LogP) is 3.44. The molecule has 2 aromatic rings. The second-order valence-electron chi connectivity index (χ2n) is 6.28. The quantitative estimate of drug-likeness (QED) is 0.867. The van der Waals surface area contributed by atoms with Crippen LogP contribution in [0.1, 0.15) is 39.4 Å². The second-order valence-corrected chi connectivity index (χ2v) is 6.28. The molecule has 3 rings (SSSR count). The number of piperidine rings is 1. The van der Waals surface area contributed by atoms with E-state index in [1.807, 2.05) is 24.4 Å². The summed E-state index contributed by atoms with van der Waals surface area (Å²) in [6.07, 6.45) is 5.20. The minimum absolute atomic E-state index is 0.292. The Labute approximate surface area is 132 Å². The molecule has 4 heteroatoms. The van der Waals surface area contributed by atoms with Gasteiger partial charge in [0.05, 0.1) is 0 Å². The summed E-state index contributed by atoms with van der Waals surface area (Å²) in [5, 5.41) is 1.05. The Hall–Kier alpha value is -1.68. The minimum Gasteiger partial charge on any atom is -0.488 e. The van der Waals surface area contributed by atoms with Crippen LogP contribution in [0.3, 0.4) is 0 Å². The highest BCUT2D eigenvalue weighted by Gasteiger charge is 2.22. The average Bonchev–Trinajstić information content (AvgIpc) is 2.55. The van der Waals surface area contributed by atoms with Crippen molar-refractivity contribution in [1.82, 2.24) is 14.9 Å². The summed E-state index contributed by atoms with van der Waals surface area (Å²) in [6.45, 7) is 8.82. The maximum absolute atomic E-state index is 6.28. The van der Waals surface area contributed by atoms with Crippen molar-refractivity contribution in [2.75, 3.05) is 13.1 Å². The van der Waals surface area contributed by atoms with E-state index in [2.05, 4.69) is 35.6 Å². The van der Waals surface area contributed by atoms with Gasteiger partial charge in [0, 0.05) is 37.1 Å². The third-order valence-corrected chi connectivity index (χ3v) is 4.44. The van der Waals surface area contributed by atoms with Gasteiger partial charge in [0.1, 0.15) is 23.2 Å². The van der Waals surface area contributed by atoms with Gasteiger partial charge >= 0.3 is 0 Å². The molecular weight excluding hydrogens is 274 g/mol. The number of ether oxygens (including phenoxy) is 1. The Morgan fingerprint density at radius 3 is 2.73 bits per heavy atom. The van der Waals surface area contributed by atoms with Gasteiger partial charge in [-0.2, -0.15) is 0 Å². The molecule has 0 unspecified atom stereocenters. The van der Waals surface area contributed by atoms with Gasteiger partial charge in [0.2, 0.25) is 0 Å². The van der Waals surface area contributed by atoms with Crippen LogP contribution in [-0.4, -0.2) is 40.1 Å². The lowest BCUT2D eigenvalue weighted by atomic mass is 10.1. The van der Waals surface area contributed by atoms with Crippen molar-refractivity contribution >= 4 is 10.9 Å². The highest BCUT2D eigenvalue weighted by molar-refractivity contribution is 5.83. The van der Waals surface area contributed by atoms with E-state index in [1.54, 1.807) is 0 Å². The molecule has 1 aromatic carbocycles. The molecule has 2 heterocycles. The number of nitrogens with zero attached hydrogens (tertiary/aromatic N) is 3. The van der Waals surface area contributed by atoms with Crippen molar-refractivity contribution in [1.29, 1.82) is 0 Å². The Balaban J connectivity index is 1.77. The summed E-state index contributed by atoms with van der Waals surface area (Å²) in [5.41, 5.74) is 0.945. The van der Waals surface area contributed by atoms with E-state index in [4.69, 9.17) is 4.74 Å². The maximum atomic E-state index is 6.28. The number of para-hydroxylation sites is 1. The van der Waals surface area contributed by atoms with E-state index in [9.17, 15) is 0 Å². The molecule has 0 N–H and O–H groups in total. The topological polar surface area (TPSA) is 38.2 Å². The monoisotopic (exact) mass is 299 g/mol. The zero-order chi connectivity index (χ0) is 15.5. The summed E-state index contributed by atoms with van der Waals surface area (Å²) in [6, 6.07) is 6.72. The molecule has 1 aliphatic heterocycles. The molecule has 1 fully saturated rings. The fraction of sp³-hybridized carbons (Fsp3) is 0.556. The number of benzene rings is 1. The molecule has 0 bridgehead atoms. The van der Waals surface area contributed by atoms with Crippen molar-refractivity contribution in [3.8, 4) is 5.75 Å². The van der Waals surface area contributed by atoms with Gasteiger partial charge in [-0.05, 0) is 32.8 Å². The average molecular weight is 299 g/mol. The highest BCUT2D eigenvalue weighted by Crippen LogP contribution is 2.26. The smallest absolute Gasteiger partial charge is 0.146 e. The van der Waals surface area contributed by atoms with Crippen LogP contribution in [0.15, 0.2) is 24.4 Å². The Morgan fingerprint density at radius 1 is 1.27 bits per heavy atom. The van der Waals surface area contributed by atoms with Gasteiger partial charge in [0.25, 0.3) is 0 Å². The largest absolute Gasteiger partial charge is 0.488 e. The number of rotatable bonds is 4. The first kappa shape index (κ1) is 15.2. The van der Waals surface area contributed by atoms with E-state index in [1.165, 1.54) is 0 Å². The first-order valence-corrected chi connectivity index (χ1v) is 8.32. The van der Waals surface area contributed by atoms with E-state index < -0.39 is 0 Å². The molecule has 4 nitrogen and oxygen atoms in total. The highest BCUT2D eigenvalue weighted by atomic mass is 16.5. The molecule has 0 amide bonds. The first-order chi connectivity index (χ1) is 10.7. The summed E-state index contributed by atoms with van der Waals surface area (Å²) in [7, 11) is 0. The number of hydrogen-bond donors (Lipinski definition) is 0. The van der Waals surface area contributed by atoms with Crippen molar-refractivity contribution in [2.24, 2.45) is 0 Å². The van der Waals surface area contributed by atoms with E-state index in [-0.39, 0.29) is 0 Å². The normalized spacial score (nSPS) is 17.3. The summed E-state index contributed by atoms with van der Waals surface area (Å²) in [4.78, 5) is 11.5. The Kier molecular flexibility index (Phi) is 4.57. The predicted molar refractivity (Wildman–Crippen MR) is 89.3 cm³/mol. The summed E-state index contributed by atoms with van der Waals surface area (Å²) >= 11 is 0. The van der Waals surface area contributed by atoms with Crippen LogP contribution < -0.4 is 4.74 Å². The Morgan fingerprint density at radius 2 is 2.05 bits per heavy atom. The SMILES string of the molecule is CCc1ncc2cccc(OC3CCN(C(C)C)CC3)c2n1. The molecule has 118 valence electrons. The molecule has 1 aromatic heterocycles. The van der Waals surface area contributed by atoms with Crippen LogP contribution in [0.25, 0.3) is 10.9 Å². The van der Waals surface area contributed by atoms with Crippen LogP contribution in [0.5, 0.6) is 5.75 Å². The van der Waals surface area contributed by atoms with Crippen molar-refractivity contribution in [3.05, 3.63) is 30.2 Å². The molecule has 0 saturated carbocycles. The van der Waals surface area contributed by atoms with Crippen LogP contribution in [0, 0.1) is 0 Å². The molecular formula is C18H25N3O. The van der Waals surface area contributed by atoms with Gasteiger partial charge < -0.3 is 9.64 Å². The van der Waals surface area contributed by atoms with E-state index in [0.29, 0.717) is 12.1 Å². The molecule has 0 aliphatic carbocycles. The van der Waals surface area contributed by atoms with Crippen LogP contribution >= 0.6 is 0 Å². The van der Waals surface area contributed by atoms with Crippen LogP contribution in [0.4, 0.5) is 0 Å². The van der Waals surface area contributed by atoms with Gasteiger partial charge in [-0.25, -0.2) is 9.97 Å². The lowest BCUT2D eigenvalue weighted by Gasteiger charge is -2.34. The number of fused-ring (bicyclic) bond motifs is 1. The van der Waals surface area contributed by atoms with Gasteiger partial charge in [-0.3, -0.25) is 0 Å². The Bertz CT molecular complexity index is 633. The summed E-state index contributed by atoms with van der Waals surface area (Å²) in [5.74, 6) is 1.77. The van der Waals surface area contributed by atoms with Gasteiger partial charge in [-0.1, -0.05) is 19.1 Å². The maximum Gasteiger partial charge on any atom is 0.146 e. The molecule has 1 saturated heterocycles. The second kappa shape index (κ2) is 6.61. The van der Waals surface area contributed by atoms with Crippen molar-refractivity contribution in [3.63, 3.8) is 0 Å². The number of aromatic nitrogens is 2. The molecule has 0 radical (unpaired) electrons. The lowest BCUT2D eigenvalue weighted by Crippen LogP contribution is -2.41. The molecule has 22 heavy (non-hydrogen) atoms. The lowest BCUT2D eigenvalue weighted by molar-refractivity contribution is 0.0852. The van der Waals surface area contributed by atoms with Gasteiger partial charge in [-0.15, -0.1) is 0 Å². The fourth-order valence-electron chi connectivity index (χ4n) is 3.02. The van der Waals surface area contributed by atoms with Crippen LogP contribution in [0.2, 0.25) is 0 Å². The molecule has 0 spiro atoms. The minimum atomic E-state index is 0.292. The summed E-state index contributed by atoms with van der Waals surface area (Å²) < 4.78 is 6.28. The van der Waals surface area contributed by atoms with Crippen molar-refractivity contribution < 1.29 is 4.74 Å². The van der Waals surface area contributed by atoms with E-state index >= 15 is 0 Å². The zero-order valence-corrected chi connectivity index (χ0v) is 13.7. The van der Waals surface area contributed by atoms with Crippen LogP contribution in [-0.2, 0) is 6.42 Å². The van der Waals surface area contributed by atoms with Crippen molar-refractivity contribution in [2.45, 2.75) is 52.2 Å². The number of likely N-dealkylation sites (tertiary alicyclic amines) is 1. The zero-order valence-electron chi connectivity index (χ0n) is 13.7. The van der Waals surface area contributed by atoms with E-state index in [0.717, 1.165) is 54.8 Å². The molecule has 0 atom stereocenters. The third kappa shape index (κ3) is 3.22. The van der Waals surface area contributed by atoms with Gasteiger partial charge in [0.15, 0.2) is 0 Å². The number of aryl methyl sites for hydroxylation is 1. The number of hydrogen-bond acceptors (Lipinski definition) is 4. The third-order valence-electron chi connectivity index (χ3n) is 4.44. The molecule has 1 aliphatic rings. The fourth-order valence-corrected chi connectivity index (χ4v) is 3.02.